The van der Waals surface area contributed by atoms with Gasteiger partial charge in [-0.1, -0.05) is 23.5 Å². The molecule has 1 aliphatic heterocycles. The summed E-state index contributed by atoms with van der Waals surface area (Å²) in [7, 11) is 1.60. The lowest BCUT2D eigenvalue weighted by Gasteiger charge is -2.34. The van der Waals surface area contributed by atoms with E-state index in [-0.39, 0.29) is 11.4 Å². The van der Waals surface area contributed by atoms with Crippen molar-refractivity contribution < 1.29 is 18.3 Å². The van der Waals surface area contributed by atoms with E-state index in [4.69, 9.17) is 4.74 Å². The van der Waals surface area contributed by atoms with Crippen LogP contribution in [-0.2, 0) is 11.2 Å². The molecule has 1 aromatic heterocycles. The van der Waals surface area contributed by atoms with Gasteiger partial charge in [-0.05, 0) is 23.8 Å². The molecule has 4 rings (SSSR count). The summed E-state index contributed by atoms with van der Waals surface area (Å²) in [4.78, 5) is 20.7. The zero-order valence-electron chi connectivity index (χ0n) is 15.3. The largest absolute Gasteiger partial charge is 0.497 e. The van der Waals surface area contributed by atoms with Crippen LogP contribution >= 0.6 is 11.3 Å². The van der Waals surface area contributed by atoms with E-state index in [1.165, 1.54) is 17.4 Å². The van der Waals surface area contributed by atoms with Crippen LogP contribution in [0.3, 0.4) is 0 Å². The predicted molar refractivity (Wildman–Crippen MR) is 105 cm³/mol. The molecule has 2 aromatic carbocycles. The Bertz CT molecular complexity index is 1020. The molecule has 0 saturated carbocycles. The molecular weight excluding hydrogens is 384 g/mol. The SMILES string of the molecule is COc1cccc(CC(=O)N2CCN(c3nc4c(F)cc(F)cc4s3)CC2)c1. The third-order valence-corrected chi connectivity index (χ3v) is 5.86. The fraction of sp³-hybridized carbons (Fsp3) is 0.300. The maximum atomic E-state index is 13.9. The highest BCUT2D eigenvalue weighted by atomic mass is 32.1. The van der Waals surface area contributed by atoms with Gasteiger partial charge in [-0.15, -0.1) is 0 Å². The third-order valence-electron chi connectivity index (χ3n) is 4.79. The number of fused-ring (bicyclic) bond motifs is 1. The van der Waals surface area contributed by atoms with Crippen LogP contribution in [0, 0.1) is 11.6 Å². The summed E-state index contributed by atoms with van der Waals surface area (Å²) in [6.07, 6.45) is 0.322. The van der Waals surface area contributed by atoms with Crippen molar-refractivity contribution in [3.05, 3.63) is 53.6 Å². The third kappa shape index (κ3) is 3.77. The number of halogens is 2. The Balaban J connectivity index is 1.40. The minimum Gasteiger partial charge on any atom is -0.497 e. The molecular formula is C20H19F2N3O2S. The zero-order chi connectivity index (χ0) is 19.7. The number of aromatic nitrogens is 1. The Morgan fingerprint density at radius 2 is 1.96 bits per heavy atom. The van der Waals surface area contributed by atoms with Gasteiger partial charge >= 0.3 is 0 Å². The van der Waals surface area contributed by atoms with Crippen LogP contribution in [0.2, 0.25) is 0 Å². The van der Waals surface area contributed by atoms with Crippen molar-refractivity contribution in [2.24, 2.45) is 0 Å². The normalized spacial score (nSPS) is 14.5. The first-order valence-corrected chi connectivity index (χ1v) is 9.76. The lowest BCUT2D eigenvalue weighted by Crippen LogP contribution is -2.49. The summed E-state index contributed by atoms with van der Waals surface area (Å²) in [6, 6.07) is 9.64. The standard InChI is InChI=1S/C20H19F2N3O2S/c1-27-15-4-2-3-13(9-15)10-18(26)24-5-7-25(8-6-24)20-23-19-16(22)11-14(21)12-17(19)28-20/h2-4,9,11-12H,5-8,10H2,1H3. The number of rotatable bonds is 4. The van der Waals surface area contributed by atoms with Crippen LogP contribution in [0.5, 0.6) is 5.75 Å². The van der Waals surface area contributed by atoms with Crippen LogP contribution in [0.4, 0.5) is 13.9 Å². The number of thiazole rings is 1. The summed E-state index contributed by atoms with van der Waals surface area (Å²) in [5.41, 5.74) is 1.10. The summed E-state index contributed by atoms with van der Waals surface area (Å²) >= 11 is 1.27. The number of carbonyl (C=O) groups is 1. The van der Waals surface area contributed by atoms with Crippen LogP contribution in [-0.4, -0.2) is 49.1 Å². The van der Waals surface area contributed by atoms with Gasteiger partial charge in [-0.25, -0.2) is 13.8 Å². The average molecular weight is 403 g/mol. The van der Waals surface area contributed by atoms with E-state index in [2.05, 4.69) is 4.98 Å². The number of hydrogen-bond donors (Lipinski definition) is 0. The van der Waals surface area contributed by atoms with Crippen molar-refractivity contribution in [2.45, 2.75) is 6.42 Å². The van der Waals surface area contributed by atoms with Gasteiger partial charge in [0.1, 0.15) is 17.1 Å². The number of piperazine rings is 1. The average Bonchev–Trinajstić information content (AvgIpc) is 3.12. The molecule has 146 valence electrons. The molecule has 0 spiro atoms. The second-order valence-electron chi connectivity index (χ2n) is 6.63. The topological polar surface area (TPSA) is 45.7 Å². The minimum atomic E-state index is -0.649. The molecule has 8 heteroatoms. The number of carbonyl (C=O) groups excluding carboxylic acids is 1. The molecule has 0 aliphatic carbocycles. The van der Waals surface area contributed by atoms with Crippen molar-refractivity contribution >= 4 is 32.6 Å². The Morgan fingerprint density at radius 3 is 2.71 bits per heavy atom. The lowest BCUT2D eigenvalue weighted by molar-refractivity contribution is -0.130. The predicted octanol–water partition coefficient (Wildman–Crippen LogP) is 3.47. The van der Waals surface area contributed by atoms with Crippen LogP contribution in [0.1, 0.15) is 5.56 Å². The summed E-state index contributed by atoms with van der Waals surface area (Å²) in [6.45, 7) is 2.34. The van der Waals surface area contributed by atoms with Gasteiger partial charge in [0.05, 0.1) is 18.2 Å². The second kappa shape index (κ2) is 7.71. The number of nitrogens with zero attached hydrogens (tertiary/aromatic N) is 3. The van der Waals surface area contributed by atoms with Gasteiger partial charge in [-0.3, -0.25) is 4.79 Å². The van der Waals surface area contributed by atoms with Crippen LogP contribution in [0.15, 0.2) is 36.4 Å². The molecule has 28 heavy (non-hydrogen) atoms. The van der Waals surface area contributed by atoms with Gasteiger partial charge in [0.25, 0.3) is 0 Å². The number of hydrogen-bond acceptors (Lipinski definition) is 5. The highest BCUT2D eigenvalue weighted by Crippen LogP contribution is 2.31. The monoisotopic (exact) mass is 403 g/mol. The van der Waals surface area contributed by atoms with Crippen molar-refractivity contribution in [1.29, 1.82) is 0 Å². The molecule has 1 aliphatic rings. The second-order valence-corrected chi connectivity index (χ2v) is 7.64. The number of benzene rings is 2. The Kier molecular flexibility index (Phi) is 5.13. The number of anilines is 1. The first-order valence-electron chi connectivity index (χ1n) is 8.95. The molecule has 5 nitrogen and oxygen atoms in total. The first kappa shape index (κ1) is 18.6. The van der Waals surface area contributed by atoms with E-state index in [0.29, 0.717) is 42.4 Å². The van der Waals surface area contributed by atoms with E-state index in [9.17, 15) is 13.6 Å². The molecule has 0 unspecified atom stereocenters. The van der Waals surface area contributed by atoms with E-state index in [1.54, 1.807) is 7.11 Å². The molecule has 0 radical (unpaired) electrons. The van der Waals surface area contributed by atoms with E-state index in [0.717, 1.165) is 17.4 Å². The molecule has 0 bridgehead atoms. The van der Waals surface area contributed by atoms with Gasteiger partial charge in [0.15, 0.2) is 10.9 Å². The van der Waals surface area contributed by atoms with Crippen molar-refractivity contribution in [3.63, 3.8) is 0 Å². The number of methoxy groups -OCH3 is 1. The molecule has 0 N–H and O–H groups in total. The Hall–Kier alpha value is -2.74. The lowest BCUT2D eigenvalue weighted by atomic mass is 10.1. The van der Waals surface area contributed by atoms with Gasteiger partial charge in [0.2, 0.25) is 5.91 Å². The molecule has 0 atom stereocenters. The van der Waals surface area contributed by atoms with Crippen molar-refractivity contribution in [1.82, 2.24) is 9.88 Å². The fourth-order valence-electron chi connectivity index (χ4n) is 3.30. The number of amides is 1. The minimum absolute atomic E-state index is 0.0605. The van der Waals surface area contributed by atoms with Gasteiger partial charge in [0, 0.05) is 32.2 Å². The van der Waals surface area contributed by atoms with E-state index >= 15 is 0 Å². The zero-order valence-corrected chi connectivity index (χ0v) is 16.1. The highest BCUT2D eigenvalue weighted by Gasteiger charge is 2.24. The van der Waals surface area contributed by atoms with Crippen molar-refractivity contribution in [3.8, 4) is 5.75 Å². The smallest absolute Gasteiger partial charge is 0.227 e. The Morgan fingerprint density at radius 1 is 1.18 bits per heavy atom. The maximum Gasteiger partial charge on any atom is 0.227 e. The maximum absolute atomic E-state index is 13.9. The molecule has 3 aromatic rings. The first-order chi connectivity index (χ1) is 13.5. The molecule has 1 amide bonds. The summed E-state index contributed by atoms with van der Waals surface area (Å²) in [5, 5.41) is 0.652. The quantitative estimate of drug-likeness (QED) is 0.669. The van der Waals surface area contributed by atoms with Gasteiger partial charge < -0.3 is 14.5 Å². The van der Waals surface area contributed by atoms with E-state index < -0.39 is 11.6 Å². The Labute approximate surface area is 165 Å². The summed E-state index contributed by atoms with van der Waals surface area (Å²) in [5.74, 6) is -0.460. The fourth-order valence-corrected chi connectivity index (χ4v) is 4.35. The van der Waals surface area contributed by atoms with E-state index in [1.807, 2.05) is 34.1 Å². The molecule has 2 heterocycles. The summed E-state index contributed by atoms with van der Waals surface area (Å²) < 4.78 is 33.0. The van der Waals surface area contributed by atoms with Crippen LogP contribution < -0.4 is 9.64 Å². The van der Waals surface area contributed by atoms with Gasteiger partial charge in [-0.2, -0.15) is 0 Å². The van der Waals surface area contributed by atoms with Crippen molar-refractivity contribution in [2.75, 3.05) is 38.2 Å². The molecule has 1 saturated heterocycles. The molecule has 1 fully saturated rings. The highest BCUT2D eigenvalue weighted by molar-refractivity contribution is 7.22. The number of ether oxygens (including phenoxy) is 1. The van der Waals surface area contributed by atoms with Crippen LogP contribution in [0.25, 0.3) is 10.2 Å².